The van der Waals surface area contributed by atoms with Crippen LogP contribution in [0.2, 0.25) is 0 Å². The van der Waals surface area contributed by atoms with Gasteiger partial charge in [0.2, 0.25) is 0 Å². The zero-order chi connectivity index (χ0) is 10.3. The van der Waals surface area contributed by atoms with E-state index >= 15 is 0 Å². The van der Waals surface area contributed by atoms with Gasteiger partial charge in [-0.1, -0.05) is 24.3 Å². The van der Waals surface area contributed by atoms with Crippen LogP contribution in [0.15, 0.2) is 24.3 Å². The van der Waals surface area contributed by atoms with Crippen LogP contribution >= 0.6 is 0 Å². The van der Waals surface area contributed by atoms with Crippen molar-refractivity contribution in [2.75, 3.05) is 0 Å². The van der Waals surface area contributed by atoms with E-state index in [1.807, 2.05) is 6.07 Å². The monoisotopic (exact) mass is 202 g/mol. The Morgan fingerprint density at radius 1 is 1.27 bits per heavy atom. The summed E-state index contributed by atoms with van der Waals surface area (Å²) in [6, 6.07) is 8.37. The van der Waals surface area contributed by atoms with E-state index in [4.69, 9.17) is 4.74 Å². The molecule has 1 aromatic rings. The molecule has 2 atom stereocenters. The predicted molar refractivity (Wildman–Crippen MR) is 56.3 cm³/mol. The van der Waals surface area contributed by atoms with Gasteiger partial charge in [-0.05, 0) is 30.4 Å². The lowest BCUT2D eigenvalue weighted by Gasteiger charge is -2.16. The second-order valence-corrected chi connectivity index (χ2v) is 4.47. The van der Waals surface area contributed by atoms with E-state index in [1.54, 1.807) is 0 Å². The maximum Gasteiger partial charge on any atom is 0.306 e. The van der Waals surface area contributed by atoms with Gasteiger partial charge in [-0.3, -0.25) is 4.79 Å². The van der Waals surface area contributed by atoms with Gasteiger partial charge < -0.3 is 4.74 Å². The second kappa shape index (κ2) is 3.37. The summed E-state index contributed by atoms with van der Waals surface area (Å²) in [4.78, 5) is 11.3. The molecule has 78 valence electrons. The van der Waals surface area contributed by atoms with Gasteiger partial charge in [0.15, 0.2) is 0 Å². The molecule has 0 unspecified atom stereocenters. The first kappa shape index (κ1) is 8.96. The third kappa shape index (κ3) is 1.44. The SMILES string of the molecule is O=C1C[C@@H]2CCCc3ccccc3[C@@H]2O1. The number of rotatable bonds is 0. The largest absolute Gasteiger partial charge is 0.457 e. The topological polar surface area (TPSA) is 26.3 Å². The molecule has 0 aromatic heterocycles. The number of esters is 1. The maximum absolute atomic E-state index is 11.3. The van der Waals surface area contributed by atoms with E-state index in [2.05, 4.69) is 18.2 Å². The molecule has 1 aliphatic heterocycles. The number of carbonyl (C=O) groups is 1. The van der Waals surface area contributed by atoms with Gasteiger partial charge in [0, 0.05) is 5.92 Å². The Labute approximate surface area is 89.2 Å². The van der Waals surface area contributed by atoms with Crippen LogP contribution in [0.4, 0.5) is 0 Å². The summed E-state index contributed by atoms with van der Waals surface area (Å²) in [6.45, 7) is 0. The fraction of sp³-hybridized carbons (Fsp3) is 0.462. The van der Waals surface area contributed by atoms with Crippen LogP contribution in [-0.4, -0.2) is 5.97 Å². The average molecular weight is 202 g/mol. The van der Waals surface area contributed by atoms with E-state index in [9.17, 15) is 4.79 Å². The number of hydrogen-bond donors (Lipinski definition) is 0. The van der Waals surface area contributed by atoms with Crippen molar-refractivity contribution in [3.63, 3.8) is 0 Å². The third-order valence-electron chi connectivity index (χ3n) is 3.50. The Bertz CT molecular complexity index is 397. The van der Waals surface area contributed by atoms with Crippen LogP contribution in [0.1, 0.15) is 36.5 Å². The summed E-state index contributed by atoms with van der Waals surface area (Å²) in [5.74, 6) is 0.392. The highest BCUT2D eigenvalue weighted by molar-refractivity contribution is 5.72. The van der Waals surface area contributed by atoms with Crippen molar-refractivity contribution in [2.45, 2.75) is 31.8 Å². The van der Waals surface area contributed by atoms with Crippen molar-refractivity contribution in [2.24, 2.45) is 5.92 Å². The Kier molecular flexibility index (Phi) is 2.01. The van der Waals surface area contributed by atoms with E-state index in [0.717, 1.165) is 12.8 Å². The smallest absolute Gasteiger partial charge is 0.306 e. The summed E-state index contributed by atoms with van der Waals surface area (Å²) in [5, 5.41) is 0. The zero-order valence-corrected chi connectivity index (χ0v) is 8.61. The van der Waals surface area contributed by atoms with Gasteiger partial charge in [-0.25, -0.2) is 0 Å². The Hall–Kier alpha value is -1.31. The fourth-order valence-electron chi connectivity index (χ4n) is 2.77. The van der Waals surface area contributed by atoms with Crippen LogP contribution in [-0.2, 0) is 16.0 Å². The molecule has 1 aliphatic carbocycles. The van der Waals surface area contributed by atoms with Crippen molar-refractivity contribution in [1.82, 2.24) is 0 Å². The van der Waals surface area contributed by atoms with Gasteiger partial charge in [0.25, 0.3) is 0 Å². The first-order valence-electron chi connectivity index (χ1n) is 5.62. The molecule has 15 heavy (non-hydrogen) atoms. The number of carbonyl (C=O) groups excluding carboxylic acids is 1. The third-order valence-corrected chi connectivity index (χ3v) is 3.50. The van der Waals surface area contributed by atoms with Crippen LogP contribution < -0.4 is 0 Å². The van der Waals surface area contributed by atoms with E-state index < -0.39 is 0 Å². The fourth-order valence-corrected chi connectivity index (χ4v) is 2.77. The molecular formula is C13H14O2. The van der Waals surface area contributed by atoms with E-state index in [-0.39, 0.29) is 12.1 Å². The molecule has 0 amide bonds. The number of aryl methyl sites for hydroxylation is 1. The molecule has 1 aromatic carbocycles. The van der Waals surface area contributed by atoms with Crippen LogP contribution in [0.3, 0.4) is 0 Å². The van der Waals surface area contributed by atoms with Gasteiger partial charge in [0.1, 0.15) is 6.10 Å². The maximum atomic E-state index is 11.3. The van der Waals surface area contributed by atoms with Crippen molar-refractivity contribution in [1.29, 1.82) is 0 Å². The lowest BCUT2D eigenvalue weighted by molar-refractivity contribution is -0.141. The van der Waals surface area contributed by atoms with Crippen LogP contribution in [0.5, 0.6) is 0 Å². The molecule has 0 radical (unpaired) electrons. The highest BCUT2D eigenvalue weighted by Gasteiger charge is 2.37. The summed E-state index contributed by atoms with van der Waals surface area (Å²) >= 11 is 0. The number of fused-ring (bicyclic) bond motifs is 3. The van der Waals surface area contributed by atoms with E-state index in [0.29, 0.717) is 12.3 Å². The quantitative estimate of drug-likeness (QED) is 0.604. The van der Waals surface area contributed by atoms with Crippen molar-refractivity contribution in [3.05, 3.63) is 35.4 Å². The summed E-state index contributed by atoms with van der Waals surface area (Å²) in [7, 11) is 0. The van der Waals surface area contributed by atoms with Crippen molar-refractivity contribution in [3.8, 4) is 0 Å². The molecule has 2 nitrogen and oxygen atoms in total. The van der Waals surface area contributed by atoms with Crippen molar-refractivity contribution < 1.29 is 9.53 Å². The standard InChI is InChI=1S/C13H14O2/c14-12-8-10-6-3-5-9-4-1-2-7-11(9)13(10)15-12/h1-2,4,7,10,13H,3,5-6,8H2/t10-,13+/m0/s1. The molecule has 1 saturated heterocycles. The highest BCUT2D eigenvalue weighted by atomic mass is 16.5. The molecule has 0 bridgehead atoms. The first-order valence-corrected chi connectivity index (χ1v) is 5.62. The molecule has 1 fully saturated rings. The first-order chi connectivity index (χ1) is 7.34. The minimum Gasteiger partial charge on any atom is -0.457 e. The molecule has 0 saturated carbocycles. The zero-order valence-electron chi connectivity index (χ0n) is 8.61. The lowest BCUT2D eigenvalue weighted by Crippen LogP contribution is -2.06. The van der Waals surface area contributed by atoms with Crippen LogP contribution in [0, 0.1) is 5.92 Å². The predicted octanol–water partition coefficient (Wildman–Crippen LogP) is 2.63. The average Bonchev–Trinajstić information content (AvgIpc) is 2.52. The minimum absolute atomic E-state index is 0.0262. The molecule has 2 heteroatoms. The second-order valence-electron chi connectivity index (χ2n) is 4.47. The normalized spacial score (nSPS) is 28.9. The number of hydrogen-bond acceptors (Lipinski definition) is 2. The number of ether oxygens (including phenoxy) is 1. The summed E-state index contributed by atoms with van der Waals surface area (Å²) in [5.41, 5.74) is 2.60. The highest BCUT2D eigenvalue weighted by Crippen LogP contribution is 2.42. The molecule has 3 rings (SSSR count). The van der Waals surface area contributed by atoms with Crippen molar-refractivity contribution >= 4 is 5.97 Å². The van der Waals surface area contributed by atoms with Gasteiger partial charge in [-0.15, -0.1) is 0 Å². The Morgan fingerprint density at radius 3 is 3.07 bits per heavy atom. The lowest BCUT2D eigenvalue weighted by atomic mass is 9.93. The molecule has 2 aliphatic rings. The molecular weight excluding hydrogens is 188 g/mol. The Balaban J connectivity index is 2.04. The van der Waals surface area contributed by atoms with Gasteiger partial charge >= 0.3 is 5.97 Å². The Morgan fingerprint density at radius 2 is 2.13 bits per heavy atom. The molecule has 1 heterocycles. The summed E-state index contributed by atoms with van der Waals surface area (Å²) < 4.78 is 5.43. The minimum atomic E-state index is -0.0262. The van der Waals surface area contributed by atoms with Crippen LogP contribution in [0.25, 0.3) is 0 Å². The summed E-state index contributed by atoms with van der Waals surface area (Å²) in [6.07, 6.45) is 4.07. The van der Waals surface area contributed by atoms with Gasteiger partial charge in [0.05, 0.1) is 6.42 Å². The molecule has 0 N–H and O–H groups in total. The number of benzene rings is 1. The van der Waals surface area contributed by atoms with E-state index in [1.165, 1.54) is 17.5 Å². The van der Waals surface area contributed by atoms with Gasteiger partial charge in [-0.2, -0.15) is 0 Å². The molecule has 0 spiro atoms.